The van der Waals surface area contributed by atoms with Gasteiger partial charge in [0.2, 0.25) is 0 Å². The molecule has 0 N–H and O–H groups in total. The van der Waals surface area contributed by atoms with Gasteiger partial charge in [0, 0.05) is 36.6 Å². The Labute approximate surface area is 407 Å². The topological polar surface area (TPSA) is 3.24 Å². The zero-order valence-corrected chi connectivity index (χ0v) is 39.0. The molecule has 11 aromatic carbocycles. The van der Waals surface area contributed by atoms with Crippen LogP contribution in [0.1, 0.15) is 22.3 Å². The summed E-state index contributed by atoms with van der Waals surface area (Å²) in [5, 5.41) is 0. The van der Waals surface area contributed by atoms with E-state index < -0.39 is 15.4 Å². The molecule has 11 aromatic rings. The fourth-order valence-electron chi connectivity index (χ4n) is 10.8. The number of para-hydroxylation sites is 1. The van der Waals surface area contributed by atoms with Crippen LogP contribution in [0.15, 0.2) is 317 Å². The molecule has 12 rings (SSSR count). The lowest BCUT2D eigenvalue weighted by Crippen LogP contribution is -2.28. The Morgan fingerprint density at radius 2 is 0.580 bits per heavy atom. The van der Waals surface area contributed by atoms with Crippen LogP contribution in [0.3, 0.4) is 0 Å². The standard InChI is InChI=1S/C67H49NS/c1-8-22-50(23-9-1)53-40-46-63-64-47-43-58(49-66(64)67(65(63)48-53,54-24-10-2-11-25-54)55-26-12-3-13-27-55)68(56-28-14-4-15-29-56)57-41-36-51(37-42-57)52-38-44-62(45-39-52)69(59-30-16-5-17-31-59,60-32-18-6-19-33-60)61-34-20-7-21-35-61/h1-49H. The van der Waals surface area contributed by atoms with Crippen molar-refractivity contribution < 1.29 is 0 Å². The van der Waals surface area contributed by atoms with Crippen LogP contribution in [-0.2, 0) is 5.41 Å². The molecule has 0 fully saturated rings. The Bertz CT molecular complexity index is 3350. The molecule has 0 spiro atoms. The number of hydrogen-bond donors (Lipinski definition) is 0. The van der Waals surface area contributed by atoms with Crippen molar-refractivity contribution in [3.05, 3.63) is 320 Å². The summed E-state index contributed by atoms with van der Waals surface area (Å²) in [5.41, 5.74) is 15.1. The van der Waals surface area contributed by atoms with Gasteiger partial charge in [0.15, 0.2) is 0 Å². The van der Waals surface area contributed by atoms with Crippen LogP contribution >= 0.6 is 10.0 Å². The first-order valence-electron chi connectivity index (χ1n) is 23.7. The highest BCUT2D eigenvalue weighted by molar-refractivity contribution is 8.34. The third-order valence-corrected chi connectivity index (χ3v) is 17.8. The Kier molecular flexibility index (Phi) is 10.9. The maximum Gasteiger partial charge on any atom is 0.0714 e. The van der Waals surface area contributed by atoms with Crippen molar-refractivity contribution in [2.24, 2.45) is 0 Å². The quantitative estimate of drug-likeness (QED) is 0.125. The summed E-state index contributed by atoms with van der Waals surface area (Å²) < 4.78 is 0. The number of fused-ring (bicyclic) bond motifs is 3. The number of hydrogen-bond acceptors (Lipinski definition) is 1. The molecule has 0 radical (unpaired) electrons. The number of benzene rings is 11. The van der Waals surface area contributed by atoms with Gasteiger partial charge < -0.3 is 4.90 Å². The average Bonchev–Trinajstić information content (AvgIpc) is 3.73. The summed E-state index contributed by atoms with van der Waals surface area (Å²) in [6.45, 7) is 0. The zero-order valence-electron chi connectivity index (χ0n) is 38.1. The maximum atomic E-state index is 2.46. The van der Waals surface area contributed by atoms with Crippen LogP contribution in [0.4, 0.5) is 17.1 Å². The van der Waals surface area contributed by atoms with Crippen molar-refractivity contribution in [2.45, 2.75) is 25.0 Å². The van der Waals surface area contributed by atoms with E-state index >= 15 is 0 Å². The van der Waals surface area contributed by atoms with Crippen molar-refractivity contribution in [3.63, 3.8) is 0 Å². The van der Waals surface area contributed by atoms with E-state index in [1.165, 1.54) is 75.2 Å². The van der Waals surface area contributed by atoms with Crippen LogP contribution < -0.4 is 4.90 Å². The molecule has 0 aliphatic heterocycles. The Morgan fingerprint density at radius 1 is 0.246 bits per heavy atom. The second kappa shape index (κ2) is 18.0. The molecule has 0 bridgehead atoms. The van der Waals surface area contributed by atoms with E-state index in [9.17, 15) is 0 Å². The van der Waals surface area contributed by atoms with Gasteiger partial charge in [0.1, 0.15) is 0 Å². The van der Waals surface area contributed by atoms with Gasteiger partial charge in [0.25, 0.3) is 0 Å². The first-order chi connectivity index (χ1) is 34.2. The molecule has 69 heavy (non-hydrogen) atoms. The van der Waals surface area contributed by atoms with Gasteiger partial charge in [-0.2, -0.15) is 0 Å². The van der Waals surface area contributed by atoms with E-state index in [0.717, 1.165) is 17.1 Å². The average molecular weight is 900 g/mol. The molecular weight excluding hydrogens is 851 g/mol. The molecule has 0 atom stereocenters. The van der Waals surface area contributed by atoms with Crippen molar-refractivity contribution in [2.75, 3.05) is 4.90 Å². The summed E-state index contributed by atoms with van der Waals surface area (Å²) in [4.78, 5) is 7.66. The lowest BCUT2D eigenvalue weighted by atomic mass is 9.67. The van der Waals surface area contributed by atoms with E-state index in [1.807, 2.05) is 0 Å². The Morgan fingerprint density at radius 3 is 1.07 bits per heavy atom. The Balaban J connectivity index is 0.973. The molecule has 0 saturated heterocycles. The second-order valence-corrected chi connectivity index (χ2v) is 20.7. The van der Waals surface area contributed by atoms with Crippen molar-refractivity contribution in [3.8, 4) is 33.4 Å². The molecule has 0 aromatic heterocycles. The van der Waals surface area contributed by atoms with E-state index in [-0.39, 0.29) is 0 Å². The second-order valence-electron chi connectivity index (χ2n) is 17.6. The predicted octanol–water partition coefficient (Wildman–Crippen LogP) is 18.2. The van der Waals surface area contributed by atoms with Gasteiger partial charge in [-0.05, 0) is 147 Å². The van der Waals surface area contributed by atoms with Gasteiger partial charge in [-0.25, -0.2) is 0 Å². The summed E-state index contributed by atoms with van der Waals surface area (Å²) in [7, 11) is -1.78. The lowest BCUT2D eigenvalue weighted by molar-refractivity contribution is 0.768. The van der Waals surface area contributed by atoms with Gasteiger partial charge in [-0.15, -0.1) is 10.0 Å². The van der Waals surface area contributed by atoms with Crippen molar-refractivity contribution in [1.29, 1.82) is 0 Å². The first kappa shape index (κ1) is 42.0. The van der Waals surface area contributed by atoms with E-state index in [2.05, 4.69) is 302 Å². The first-order valence-corrected chi connectivity index (χ1v) is 25.4. The highest BCUT2D eigenvalue weighted by atomic mass is 32.3. The summed E-state index contributed by atoms with van der Waals surface area (Å²) in [6.07, 6.45) is 0. The highest BCUT2D eigenvalue weighted by Gasteiger charge is 2.46. The molecule has 0 amide bonds. The molecule has 0 unspecified atom stereocenters. The van der Waals surface area contributed by atoms with Gasteiger partial charge >= 0.3 is 0 Å². The molecule has 2 heteroatoms. The summed E-state index contributed by atoms with van der Waals surface area (Å²) >= 11 is 0. The largest absolute Gasteiger partial charge is 0.310 e. The highest BCUT2D eigenvalue weighted by Crippen LogP contribution is 2.73. The fraction of sp³-hybridized carbons (Fsp3) is 0.0149. The van der Waals surface area contributed by atoms with E-state index in [4.69, 9.17) is 0 Å². The molecular formula is C67H49NS. The molecule has 0 saturated carbocycles. The third kappa shape index (κ3) is 7.20. The zero-order chi connectivity index (χ0) is 46.0. The van der Waals surface area contributed by atoms with E-state index in [1.54, 1.807) is 0 Å². The van der Waals surface area contributed by atoms with Crippen molar-refractivity contribution >= 4 is 27.1 Å². The molecule has 0 heterocycles. The van der Waals surface area contributed by atoms with Crippen LogP contribution in [0, 0.1) is 0 Å². The normalized spacial score (nSPS) is 12.7. The SMILES string of the molecule is c1ccc(-c2ccc3c(c2)C(c2ccccc2)(c2ccccc2)c2cc(N(c4ccccc4)c4ccc(-c5ccc(S(c6ccccc6)(c6ccccc6)c6ccccc6)cc5)cc4)ccc2-3)cc1. The number of anilines is 3. The van der Waals surface area contributed by atoms with Gasteiger partial charge in [-0.3, -0.25) is 0 Å². The van der Waals surface area contributed by atoms with Crippen LogP contribution in [0.25, 0.3) is 33.4 Å². The fourth-order valence-corrected chi connectivity index (χ4v) is 14.7. The van der Waals surface area contributed by atoms with Crippen molar-refractivity contribution in [1.82, 2.24) is 0 Å². The monoisotopic (exact) mass is 899 g/mol. The Hall–Kier alpha value is -8.43. The summed E-state index contributed by atoms with van der Waals surface area (Å²) in [6, 6.07) is 110. The summed E-state index contributed by atoms with van der Waals surface area (Å²) in [5.74, 6) is 0. The number of rotatable bonds is 11. The molecule has 1 aliphatic carbocycles. The minimum atomic E-state index is -1.78. The minimum Gasteiger partial charge on any atom is -0.310 e. The smallest absolute Gasteiger partial charge is 0.0714 e. The lowest BCUT2D eigenvalue weighted by Gasteiger charge is -2.42. The van der Waals surface area contributed by atoms with E-state index in [0.29, 0.717) is 0 Å². The predicted molar refractivity (Wildman–Crippen MR) is 289 cm³/mol. The molecule has 328 valence electrons. The number of nitrogens with zero attached hydrogens (tertiary/aromatic N) is 1. The molecule has 1 nitrogen and oxygen atoms in total. The molecule has 1 aliphatic rings. The van der Waals surface area contributed by atoms with Crippen LogP contribution in [-0.4, -0.2) is 0 Å². The van der Waals surface area contributed by atoms with Gasteiger partial charge in [0.05, 0.1) is 5.41 Å². The third-order valence-electron chi connectivity index (χ3n) is 13.9. The van der Waals surface area contributed by atoms with Gasteiger partial charge in [-0.1, -0.05) is 206 Å². The van der Waals surface area contributed by atoms with Crippen LogP contribution in [0.5, 0.6) is 0 Å². The van der Waals surface area contributed by atoms with Crippen LogP contribution in [0.2, 0.25) is 0 Å². The minimum absolute atomic E-state index is 0.562. The maximum absolute atomic E-state index is 2.46.